The van der Waals surface area contributed by atoms with Crippen LogP contribution < -0.4 is 11.1 Å². The molecule has 4 N–H and O–H groups in total. The fourth-order valence-corrected chi connectivity index (χ4v) is 3.09. The second kappa shape index (κ2) is 6.75. The number of nitrogens with zero attached hydrogens (tertiary/aromatic N) is 1. The summed E-state index contributed by atoms with van der Waals surface area (Å²) in [4.78, 5) is 4.82. The van der Waals surface area contributed by atoms with Crippen LogP contribution in [0.4, 0.5) is 5.69 Å². The molecule has 0 spiro atoms. The van der Waals surface area contributed by atoms with Gasteiger partial charge < -0.3 is 16.2 Å². The fraction of sp³-hybridized carbons (Fsp3) is 0.136. The largest absolute Gasteiger partial charge is 0.390 e. The molecule has 0 amide bonds. The maximum absolute atomic E-state index is 9.76. The van der Waals surface area contributed by atoms with Gasteiger partial charge in [0.2, 0.25) is 0 Å². The van der Waals surface area contributed by atoms with Crippen molar-refractivity contribution in [1.82, 2.24) is 4.98 Å². The van der Waals surface area contributed by atoms with E-state index in [1.165, 1.54) is 10.8 Å². The third kappa shape index (κ3) is 3.12. The summed E-state index contributed by atoms with van der Waals surface area (Å²) in [5.41, 5.74) is 9.69. The first kappa shape index (κ1) is 16.5. The van der Waals surface area contributed by atoms with Crippen LogP contribution >= 0.6 is 0 Å². The Labute approximate surface area is 152 Å². The van der Waals surface area contributed by atoms with Gasteiger partial charge in [-0.1, -0.05) is 54.6 Å². The second-order valence-electron chi connectivity index (χ2n) is 6.54. The lowest BCUT2D eigenvalue weighted by Gasteiger charge is -2.20. The summed E-state index contributed by atoms with van der Waals surface area (Å²) in [7, 11) is 0. The quantitative estimate of drug-likeness (QED) is 0.487. The van der Waals surface area contributed by atoms with Crippen LogP contribution in [0.15, 0.2) is 72.8 Å². The Hall–Kier alpha value is -2.95. The summed E-state index contributed by atoms with van der Waals surface area (Å²) in [5.74, 6) is 0. The van der Waals surface area contributed by atoms with E-state index in [9.17, 15) is 5.11 Å². The highest BCUT2D eigenvalue weighted by atomic mass is 16.3. The van der Waals surface area contributed by atoms with E-state index < -0.39 is 12.3 Å². The van der Waals surface area contributed by atoms with E-state index in [2.05, 4.69) is 35.6 Å². The molecule has 1 heterocycles. The number of aromatic nitrogens is 1. The molecule has 0 aliphatic carbocycles. The molecule has 2 unspecified atom stereocenters. The molecule has 0 radical (unpaired) electrons. The standard InChI is InChI=1S/C22H21N3O/c1-14(26)22(23)25-21-13-20(24-19-9-5-4-8-18(19)21)17-11-10-15-6-2-3-7-16(15)12-17/h2-14,22,26H,23H2,1H3,(H,24,25). The minimum absolute atomic E-state index is 0.551. The number of pyridine rings is 1. The number of benzene rings is 3. The molecule has 0 aliphatic heterocycles. The Kier molecular flexibility index (Phi) is 4.29. The molecule has 0 fully saturated rings. The van der Waals surface area contributed by atoms with E-state index in [1.807, 2.05) is 42.5 Å². The van der Waals surface area contributed by atoms with E-state index in [-0.39, 0.29) is 0 Å². The van der Waals surface area contributed by atoms with E-state index in [1.54, 1.807) is 6.92 Å². The minimum Gasteiger partial charge on any atom is -0.390 e. The molecule has 0 saturated heterocycles. The number of nitrogens with two attached hydrogens (primary N) is 1. The van der Waals surface area contributed by atoms with E-state index in [0.29, 0.717) is 0 Å². The topological polar surface area (TPSA) is 71.2 Å². The first-order chi connectivity index (χ1) is 12.6. The molecular formula is C22H21N3O. The highest BCUT2D eigenvalue weighted by molar-refractivity contribution is 5.95. The molecular weight excluding hydrogens is 322 g/mol. The SMILES string of the molecule is CC(O)C(N)Nc1cc(-c2ccc3ccccc3c2)nc2ccccc12. The van der Waals surface area contributed by atoms with Crippen molar-refractivity contribution in [1.29, 1.82) is 0 Å². The number of para-hydroxylation sites is 1. The highest BCUT2D eigenvalue weighted by Crippen LogP contribution is 2.30. The molecule has 26 heavy (non-hydrogen) atoms. The van der Waals surface area contributed by atoms with Crippen LogP contribution in [0.1, 0.15) is 6.92 Å². The van der Waals surface area contributed by atoms with Gasteiger partial charge in [0.1, 0.15) is 6.17 Å². The van der Waals surface area contributed by atoms with Crippen LogP contribution in [0.2, 0.25) is 0 Å². The normalized spacial score (nSPS) is 13.7. The maximum atomic E-state index is 9.76. The zero-order valence-corrected chi connectivity index (χ0v) is 14.6. The lowest BCUT2D eigenvalue weighted by atomic mass is 10.0. The van der Waals surface area contributed by atoms with Crippen molar-refractivity contribution in [2.24, 2.45) is 5.73 Å². The number of rotatable bonds is 4. The molecule has 3 aromatic carbocycles. The summed E-state index contributed by atoms with van der Waals surface area (Å²) in [5, 5.41) is 16.3. The van der Waals surface area contributed by atoms with Crippen LogP contribution in [0.3, 0.4) is 0 Å². The minimum atomic E-state index is -0.661. The van der Waals surface area contributed by atoms with Crippen molar-refractivity contribution in [2.45, 2.75) is 19.2 Å². The summed E-state index contributed by atoms with van der Waals surface area (Å²) >= 11 is 0. The van der Waals surface area contributed by atoms with Crippen molar-refractivity contribution >= 4 is 27.4 Å². The molecule has 0 saturated carbocycles. The molecule has 4 heteroatoms. The molecule has 0 aliphatic rings. The van der Waals surface area contributed by atoms with Gasteiger partial charge in [-0.2, -0.15) is 0 Å². The van der Waals surface area contributed by atoms with Gasteiger partial charge in [-0.25, -0.2) is 4.98 Å². The lowest BCUT2D eigenvalue weighted by molar-refractivity contribution is 0.173. The van der Waals surface area contributed by atoms with Gasteiger partial charge in [-0.15, -0.1) is 0 Å². The molecule has 2 atom stereocenters. The zero-order chi connectivity index (χ0) is 18.1. The predicted molar refractivity (Wildman–Crippen MR) is 108 cm³/mol. The lowest BCUT2D eigenvalue weighted by Crippen LogP contribution is -2.39. The van der Waals surface area contributed by atoms with Gasteiger partial charge in [-0.3, -0.25) is 0 Å². The highest BCUT2D eigenvalue weighted by Gasteiger charge is 2.13. The number of aliphatic hydroxyl groups is 1. The molecule has 4 aromatic rings. The Balaban J connectivity index is 1.86. The molecule has 0 bridgehead atoms. The molecule has 130 valence electrons. The number of hydrogen-bond acceptors (Lipinski definition) is 4. The van der Waals surface area contributed by atoms with Crippen LogP contribution in [-0.2, 0) is 0 Å². The van der Waals surface area contributed by atoms with E-state index in [4.69, 9.17) is 10.7 Å². The van der Waals surface area contributed by atoms with Crippen molar-refractivity contribution in [3.8, 4) is 11.3 Å². The van der Waals surface area contributed by atoms with Gasteiger partial charge in [0.05, 0.1) is 17.3 Å². The van der Waals surface area contributed by atoms with Gasteiger partial charge in [-0.05, 0) is 35.9 Å². The number of aliphatic hydroxyl groups excluding tert-OH is 1. The Bertz CT molecular complexity index is 1080. The summed E-state index contributed by atoms with van der Waals surface area (Å²) < 4.78 is 0. The van der Waals surface area contributed by atoms with Crippen molar-refractivity contribution in [3.63, 3.8) is 0 Å². The molecule has 4 rings (SSSR count). The first-order valence-corrected chi connectivity index (χ1v) is 8.71. The third-order valence-electron chi connectivity index (χ3n) is 4.60. The summed E-state index contributed by atoms with van der Waals surface area (Å²) in [6.07, 6.45) is -1.21. The first-order valence-electron chi connectivity index (χ1n) is 8.71. The van der Waals surface area contributed by atoms with Crippen molar-refractivity contribution in [3.05, 3.63) is 72.8 Å². The number of nitrogens with one attached hydrogen (secondary N) is 1. The fourth-order valence-electron chi connectivity index (χ4n) is 3.09. The zero-order valence-electron chi connectivity index (χ0n) is 14.6. The number of fused-ring (bicyclic) bond motifs is 2. The van der Waals surface area contributed by atoms with Crippen LogP contribution in [0, 0.1) is 0 Å². The average molecular weight is 343 g/mol. The molecule has 1 aromatic heterocycles. The molecule has 4 nitrogen and oxygen atoms in total. The van der Waals surface area contributed by atoms with Gasteiger partial charge in [0.15, 0.2) is 0 Å². The Morgan fingerprint density at radius 1 is 0.923 bits per heavy atom. The summed E-state index contributed by atoms with van der Waals surface area (Å²) in [6, 6.07) is 24.5. The Morgan fingerprint density at radius 2 is 1.65 bits per heavy atom. The number of hydrogen-bond donors (Lipinski definition) is 3. The maximum Gasteiger partial charge on any atom is 0.101 e. The summed E-state index contributed by atoms with van der Waals surface area (Å²) in [6.45, 7) is 1.67. The monoisotopic (exact) mass is 343 g/mol. The Morgan fingerprint density at radius 3 is 2.46 bits per heavy atom. The van der Waals surface area contributed by atoms with E-state index >= 15 is 0 Å². The van der Waals surface area contributed by atoms with Crippen molar-refractivity contribution < 1.29 is 5.11 Å². The third-order valence-corrected chi connectivity index (χ3v) is 4.60. The second-order valence-corrected chi connectivity index (χ2v) is 6.54. The van der Waals surface area contributed by atoms with Crippen LogP contribution in [0.25, 0.3) is 32.9 Å². The van der Waals surface area contributed by atoms with Crippen LogP contribution in [-0.4, -0.2) is 22.4 Å². The van der Waals surface area contributed by atoms with Gasteiger partial charge in [0, 0.05) is 16.6 Å². The number of anilines is 1. The average Bonchev–Trinajstić information content (AvgIpc) is 2.67. The predicted octanol–water partition coefficient (Wildman–Crippen LogP) is 4.13. The van der Waals surface area contributed by atoms with Crippen LogP contribution in [0.5, 0.6) is 0 Å². The van der Waals surface area contributed by atoms with Crippen molar-refractivity contribution in [2.75, 3.05) is 5.32 Å². The van der Waals surface area contributed by atoms with Gasteiger partial charge >= 0.3 is 0 Å². The van der Waals surface area contributed by atoms with E-state index in [0.717, 1.165) is 27.8 Å². The van der Waals surface area contributed by atoms with Gasteiger partial charge in [0.25, 0.3) is 0 Å². The smallest absolute Gasteiger partial charge is 0.101 e.